The zero-order valence-electron chi connectivity index (χ0n) is 20.6. The summed E-state index contributed by atoms with van der Waals surface area (Å²) in [5.41, 5.74) is -0.257. The zero-order valence-corrected chi connectivity index (χ0v) is 20.6. The number of esters is 2. The molecule has 0 spiro atoms. The van der Waals surface area contributed by atoms with Crippen molar-refractivity contribution in [3.63, 3.8) is 0 Å². The normalized spacial score (nSPS) is 13.7. The average molecular weight is 517 g/mol. The number of carbonyl (C=O) groups is 2. The maximum Gasteiger partial charge on any atom is 0.490 e. The summed E-state index contributed by atoms with van der Waals surface area (Å²) in [4.78, 5) is 25.0. The van der Waals surface area contributed by atoms with E-state index in [9.17, 15) is 22.8 Å². The number of alkyl halides is 3. The fourth-order valence-electron chi connectivity index (χ4n) is 3.48. The van der Waals surface area contributed by atoms with E-state index in [1.54, 1.807) is 31.2 Å². The van der Waals surface area contributed by atoms with Crippen LogP contribution in [0.15, 0.2) is 78.9 Å². The van der Waals surface area contributed by atoms with Gasteiger partial charge in [-0.1, -0.05) is 60.2 Å². The fourth-order valence-corrected chi connectivity index (χ4v) is 3.48. The van der Waals surface area contributed by atoms with Gasteiger partial charge in [0.15, 0.2) is 6.10 Å². The maximum atomic E-state index is 13.2. The first kappa shape index (κ1) is 27.6. The topological polar surface area (TPSA) is 71.1 Å². The second kappa shape index (κ2) is 11.8. The second-order valence-electron chi connectivity index (χ2n) is 8.37. The van der Waals surface area contributed by atoms with Crippen molar-refractivity contribution >= 4 is 11.9 Å². The van der Waals surface area contributed by atoms with Gasteiger partial charge in [0.2, 0.25) is 5.60 Å². The van der Waals surface area contributed by atoms with Gasteiger partial charge in [-0.25, -0.2) is 9.59 Å². The molecule has 0 aliphatic carbocycles. The van der Waals surface area contributed by atoms with Gasteiger partial charge in [0.05, 0.1) is 6.61 Å². The van der Waals surface area contributed by atoms with Crippen molar-refractivity contribution in [2.24, 2.45) is 0 Å². The molecule has 0 N–H and O–H groups in total. The third-order valence-corrected chi connectivity index (χ3v) is 5.42. The number of carbonyl (C=O) groups excluding carboxylic acids is 2. The van der Waals surface area contributed by atoms with E-state index < -0.39 is 29.8 Å². The molecule has 0 aromatic heterocycles. The number of hydrogen-bond donors (Lipinski definition) is 0. The molecular formula is C28H27F3O6. The monoisotopic (exact) mass is 516 g/mol. The molecule has 0 aliphatic rings. The number of ether oxygens (including phenoxy) is 4. The molecule has 6 nitrogen and oxygen atoms in total. The summed E-state index contributed by atoms with van der Waals surface area (Å²) < 4.78 is 61.2. The van der Waals surface area contributed by atoms with Crippen LogP contribution in [0.5, 0.6) is 11.5 Å². The van der Waals surface area contributed by atoms with Gasteiger partial charge >= 0.3 is 18.1 Å². The lowest BCUT2D eigenvalue weighted by Gasteiger charge is -2.35. The summed E-state index contributed by atoms with van der Waals surface area (Å²) in [6.45, 7) is 4.80. The van der Waals surface area contributed by atoms with E-state index in [2.05, 4.69) is 0 Å². The van der Waals surface area contributed by atoms with Gasteiger partial charge in [-0.15, -0.1) is 0 Å². The SMILES string of the molecule is CCOC(=O)C(C)(Oc1ccc(C)cc1)C(OC(=O)C(F)(F)F)c1ccc(OCc2ccccc2)cc1. The summed E-state index contributed by atoms with van der Waals surface area (Å²) in [6, 6.07) is 21.7. The van der Waals surface area contributed by atoms with Crippen LogP contribution >= 0.6 is 0 Å². The Hall–Kier alpha value is -4.01. The van der Waals surface area contributed by atoms with Gasteiger partial charge in [0.1, 0.15) is 18.1 Å². The highest BCUT2D eigenvalue weighted by Crippen LogP contribution is 2.38. The number of halogens is 3. The van der Waals surface area contributed by atoms with Gasteiger partial charge in [0.25, 0.3) is 0 Å². The standard InChI is InChI=1S/C28H27F3O6/c1-4-34-25(32)27(3,37-23-14-10-19(2)11-15-23)24(36-26(33)28(29,30)31)21-12-16-22(17-13-21)35-18-20-8-6-5-7-9-20/h5-17,24H,4,18H2,1-3H3. The molecule has 0 heterocycles. The summed E-state index contributed by atoms with van der Waals surface area (Å²) in [5.74, 6) is -2.87. The largest absolute Gasteiger partial charge is 0.490 e. The molecule has 9 heteroatoms. The van der Waals surface area contributed by atoms with Crippen LogP contribution in [-0.4, -0.2) is 30.3 Å². The van der Waals surface area contributed by atoms with E-state index in [0.717, 1.165) is 11.1 Å². The Morgan fingerprint density at radius 1 is 0.838 bits per heavy atom. The van der Waals surface area contributed by atoms with Crippen molar-refractivity contribution in [3.8, 4) is 11.5 Å². The van der Waals surface area contributed by atoms with E-state index in [-0.39, 0.29) is 24.5 Å². The molecule has 2 unspecified atom stereocenters. The molecule has 0 bridgehead atoms. The summed E-state index contributed by atoms with van der Waals surface area (Å²) in [5, 5.41) is 0. The van der Waals surface area contributed by atoms with E-state index in [1.165, 1.54) is 31.2 Å². The van der Waals surface area contributed by atoms with Crippen molar-refractivity contribution < 1.29 is 41.7 Å². The van der Waals surface area contributed by atoms with Crippen LogP contribution in [0, 0.1) is 6.92 Å². The minimum absolute atomic E-state index is 0.0715. The van der Waals surface area contributed by atoms with E-state index in [0.29, 0.717) is 5.75 Å². The maximum absolute atomic E-state index is 13.2. The van der Waals surface area contributed by atoms with Crippen LogP contribution in [0.1, 0.15) is 36.6 Å². The number of rotatable bonds is 10. The molecule has 0 amide bonds. The molecule has 0 saturated heterocycles. The highest BCUT2D eigenvalue weighted by molar-refractivity contribution is 5.82. The average Bonchev–Trinajstić information content (AvgIpc) is 2.87. The number of hydrogen-bond acceptors (Lipinski definition) is 6. The number of benzene rings is 3. The molecule has 3 aromatic carbocycles. The Balaban J connectivity index is 1.97. The Kier molecular flexibility index (Phi) is 8.81. The van der Waals surface area contributed by atoms with Crippen LogP contribution < -0.4 is 9.47 Å². The van der Waals surface area contributed by atoms with Gasteiger partial charge in [-0.2, -0.15) is 13.2 Å². The Bertz CT molecular complexity index is 1180. The van der Waals surface area contributed by atoms with Gasteiger partial charge in [-0.05, 0) is 56.2 Å². The van der Waals surface area contributed by atoms with E-state index in [1.807, 2.05) is 37.3 Å². The van der Waals surface area contributed by atoms with Crippen molar-refractivity contribution in [3.05, 3.63) is 95.6 Å². The summed E-state index contributed by atoms with van der Waals surface area (Å²) in [6.07, 6.45) is -7.10. The first-order valence-corrected chi connectivity index (χ1v) is 11.5. The lowest BCUT2D eigenvalue weighted by molar-refractivity contribution is -0.216. The minimum Gasteiger partial charge on any atom is -0.489 e. The molecule has 0 aliphatic heterocycles. The van der Waals surface area contributed by atoms with E-state index >= 15 is 0 Å². The van der Waals surface area contributed by atoms with Crippen LogP contribution in [0.4, 0.5) is 13.2 Å². The predicted molar refractivity (Wildman–Crippen MR) is 129 cm³/mol. The van der Waals surface area contributed by atoms with Crippen LogP contribution in [0.3, 0.4) is 0 Å². The first-order valence-electron chi connectivity index (χ1n) is 11.5. The molecule has 0 radical (unpaired) electrons. The Morgan fingerprint density at radius 3 is 2.00 bits per heavy atom. The molecule has 196 valence electrons. The lowest BCUT2D eigenvalue weighted by Crippen LogP contribution is -2.50. The predicted octanol–water partition coefficient (Wildman–Crippen LogP) is 6.12. The third kappa shape index (κ3) is 7.25. The Labute approximate surface area is 212 Å². The Morgan fingerprint density at radius 2 is 1.43 bits per heavy atom. The van der Waals surface area contributed by atoms with Crippen molar-refractivity contribution in [2.45, 2.75) is 45.3 Å². The van der Waals surface area contributed by atoms with Crippen molar-refractivity contribution in [1.82, 2.24) is 0 Å². The summed E-state index contributed by atoms with van der Waals surface area (Å²) >= 11 is 0. The van der Waals surface area contributed by atoms with Gasteiger partial charge < -0.3 is 18.9 Å². The molecule has 3 aromatic rings. The molecular weight excluding hydrogens is 489 g/mol. The van der Waals surface area contributed by atoms with Gasteiger partial charge in [0, 0.05) is 0 Å². The highest BCUT2D eigenvalue weighted by atomic mass is 19.4. The smallest absolute Gasteiger partial charge is 0.489 e. The van der Waals surface area contributed by atoms with Crippen LogP contribution in [0.25, 0.3) is 0 Å². The number of aryl methyl sites for hydroxylation is 1. The first-order chi connectivity index (χ1) is 17.5. The van der Waals surface area contributed by atoms with Crippen LogP contribution in [0.2, 0.25) is 0 Å². The molecule has 37 heavy (non-hydrogen) atoms. The van der Waals surface area contributed by atoms with Gasteiger partial charge in [-0.3, -0.25) is 0 Å². The molecule has 0 fully saturated rings. The highest BCUT2D eigenvalue weighted by Gasteiger charge is 2.52. The van der Waals surface area contributed by atoms with Crippen molar-refractivity contribution in [1.29, 1.82) is 0 Å². The third-order valence-electron chi connectivity index (χ3n) is 5.42. The molecule has 2 atom stereocenters. The summed E-state index contributed by atoms with van der Waals surface area (Å²) in [7, 11) is 0. The zero-order chi connectivity index (χ0) is 27.1. The van der Waals surface area contributed by atoms with E-state index in [4.69, 9.17) is 18.9 Å². The second-order valence-corrected chi connectivity index (χ2v) is 8.37. The van der Waals surface area contributed by atoms with Crippen molar-refractivity contribution in [2.75, 3.05) is 6.61 Å². The minimum atomic E-state index is -5.30. The van der Waals surface area contributed by atoms with Crippen LogP contribution in [-0.2, 0) is 25.7 Å². The lowest BCUT2D eigenvalue weighted by atomic mass is 9.91. The molecule has 3 rings (SSSR count). The quantitative estimate of drug-likeness (QED) is 0.302. The molecule has 0 saturated carbocycles. The fraction of sp³-hybridized carbons (Fsp3) is 0.286.